The van der Waals surface area contributed by atoms with Gasteiger partial charge in [-0.25, -0.2) is 0 Å². The lowest BCUT2D eigenvalue weighted by molar-refractivity contribution is 0.287. The zero-order valence-electron chi connectivity index (χ0n) is 9.62. The quantitative estimate of drug-likeness (QED) is 0.805. The molecule has 88 valence electrons. The Morgan fingerprint density at radius 1 is 0.882 bits per heavy atom. The van der Waals surface area contributed by atoms with Gasteiger partial charge < -0.3 is 5.11 Å². The van der Waals surface area contributed by atoms with Gasteiger partial charge >= 0.3 is 0 Å². The van der Waals surface area contributed by atoms with Crippen LogP contribution in [0.1, 0.15) is 17.2 Å². The molecule has 2 aromatic carbocycles. The second-order valence-corrected chi connectivity index (χ2v) is 5.12. The Morgan fingerprint density at radius 2 is 1.47 bits per heavy atom. The van der Waals surface area contributed by atoms with E-state index in [0.717, 1.165) is 6.42 Å². The Bertz CT molecular complexity index is 427. The average molecular weight is 244 g/mol. The van der Waals surface area contributed by atoms with Gasteiger partial charge in [-0.15, -0.1) is 11.8 Å². The lowest BCUT2D eigenvalue weighted by Crippen LogP contribution is -1.97. The summed E-state index contributed by atoms with van der Waals surface area (Å²) < 4.78 is 0. The third kappa shape index (κ3) is 3.62. The molecule has 1 N–H and O–H groups in total. The van der Waals surface area contributed by atoms with Gasteiger partial charge in [-0.2, -0.15) is 0 Å². The van der Waals surface area contributed by atoms with Crippen LogP contribution >= 0.6 is 11.8 Å². The Hall–Kier alpha value is -1.25. The molecule has 1 atom stereocenters. The van der Waals surface area contributed by atoms with Gasteiger partial charge in [-0.1, -0.05) is 48.5 Å². The standard InChI is InChI=1S/C15H16OS/c16-12-11-15(13-7-3-1-4-8-13)17-14-9-5-2-6-10-14/h1-10,15-16H,11-12H2. The molecule has 0 aliphatic rings. The first-order valence-corrected chi connectivity index (χ1v) is 6.65. The van der Waals surface area contributed by atoms with E-state index in [2.05, 4.69) is 24.3 Å². The first-order valence-electron chi connectivity index (χ1n) is 5.77. The lowest BCUT2D eigenvalue weighted by atomic mass is 10.1. The Morgan fingerprint density at radius 3 is 2.06 bits per heavy atom. The van der Waals surface area contributed by atoms with Crippen LogP contribution in [0.2, 0.25) is 0 Å². The van der Waals surface area contributed by atoms with Gasteiger partial charge in [-0.05, 0) is 24.1 Å². The van der Waals surface area contributed by atoms with Crippen molar-refractivity contribution in [1.82, 2.24) is 0 Å². The van der Waals surface area contributed by atoms with Crippen molar-refractivity contribution < 1.29 is 5.11 Å². The number of rotatable bonds is 5. The molecule has 0 fully saturated rings. The molecule has 0 saturated heterocycles. The van der Waals surface area contributed by atoms with E-state index in [1.165, 1.54) is 10.5 Å². The molecule has 1 nitrogen and oxygen atoms in total. The monoisotopic (exact) mass is 244 g/mol. The van der Waals surface area contributed by atoms with Crippen LogP contribution in [0.15, 0.2) is 65.6 Å². The number of aliphatic hydroxyl groups excluding tert-OH is 1. The highest BCUT2D eigenvalue weighted by molar-refractivity contribution is 7.99. The largest absolute Gasteiger partial charge is 0.396 e. The second kappa shape index (κ2) is 6.48. The van der Waals surface area contributed by atoms with E-state index in [4.69, 9.17) is 5.11 Å². The van der Waals surface area contributed by atoms with Crippen molar-refractivity contribution in [3.05, 3.63) is 66.2 Å². The Labute approximate surface area is 107 Å². The highest BCUT2D eigenvalue weighted by Gasteiger charge is 2.11. The highest BCUT2D eigenvalue weighted by atomic mass is 32.2. The topological polar surface area (TPSA) is 20.2 Å². The van der Waals surface area contributed by atoms with Crippen molar-refractivity contribution >= 4 is 11.8 Å². The minimum Gasteiger partial charge on any atom is -0.396 e. The number of aliphatic hydroxyl groups is 1. The zero-order valence-corrected chi connectivity index (χ0v) is 10.4. The van der Waals surface area contributed by atoms with Crippen LogP contribution in [0.4, 0.5) is 0 Å². The average Bonchev–Trinajstić information content (AvgIpc) is 2.40. The third-order valence-electron chi connectivity index (χ3n) is 2.58. The minimum absolute atomic E-state index is 0.222. The molecule has 2 rings (SSSR count). The van der Waals surface area contributed by atoms with Crippen LogP contribution in [0.5, 0.6) is 0 Å². The molecule has 0 amide bonds. The van der Waals surface area contributed by atoms with Crippen molar-refractivity contribution in [2.45, 2.75) is 16.6 Å². The molecule has 0 bridgehead atoms. The summed E-state index contributed by atoms with van der Waals surface area (Å²) in [6.45, 7) is 0.222. The fourth-order valence-corrected chi connectivity index (χ4v) is 2.90. The number of hydrogen-bond acceptors (Lipinski definition) is 2. The first kappa shape index (κ1) is 12.2. The van der Waals surface area contributed by atoms with E-state index in [9.17, 15) is 0 Å². The van der Waals surface area contributed by atoms with Crippen molar-refractivity contribution in [3.63, 3.8) is 0 Å². The van der Waals surface area contributed by atoms with Crippen molar-refractivity contribution in [2.75, 3.05) is 6.61 Å². The normalized spacial score (nSPS) is 12.3. The molecule has 0 aliphatic heterocycles. The summed E-state index contributed by atoms with van der Waals surface area (Å²) in [5.74, 6) is 0. The van der Waals surface area contributed by atoms with Gasteiger partial charge in [0.05, 0.1) is 0 Å². The summed E-state index contributed by atoms with van der Waals surface area (Å²) in [5.41, 5.74) is 1.27. The van der Waals surface area contributed by atoms with Crippen LogP contribution in [0.25, 0.3) is 0 Å². The van der Waals surface area contributed by atoms with Gasteiger partial charge in [0.2, 0.25) is 0 Å². The molecule has 0 radical (unpaired) electrons. The summed E-state index contributed by atoms with van der Waals surface area (Å²) in [7, 11) is 0. The van der Waals surface area contributed by atoms with Gasteiger partial charge in [-0.3, -0.25) is 0 Å². The van der Waals surface area contributed by atoms with E-state index in [1.807, 2.05) is 36.4 Å². The molecular formula is C15H16OS. The fourth-order valence-electron chi connectivity index (χ4n) is 1.74. The Balaban J connectivity index is 2.13. The predicted molar refractivity (Wildman–Crippen MR) is 73.2 cm³/mol. The lowest BCUT2D eigenvalue weighted by Gasteiger charge is -2.15. The van der Waals surface area contributed by atoms with E-state index in [1.54, 1.807) is 11.8 Å². The van der Waals surface area contributed by atoms with Crippen LogP contribution in [-0.4, -0.2) is 11.7 Å². The zero-order chi connectivity index (χ0) is 11.9. The van der Waals surface area contributed by atoms with Crippen LogP contribution in [0.3, 0.4) is 0 Å². The van der Waals surface area contributed by atoms with Crippen LogP contribution in [-0.2, 0) is 0 Å². The smallest absolute Gasteiger partial charge is 0.0444 e. The van der Waals surface area contributed by atoms with Crippen molar-refractivity contribution in [2.24, 2.45) is 0 Å². The van der Waals surface area contributed by atoms with Gasteiger partial charge in [0, 0.05) is 16.8 Å². The van der Waals surface area contributed by atoms with E-state index in [-0.39, 0.29) is 6.61 Å². The number of benzene rings is 2. The van der Waals surface area contributed by atoms with Crippen LogP contribution < -0.4 is 0 Å². The molecule has 2 aromatic rings. The van der Waals surface area contributed by atoms with E-state index >= 15 is 0 Å². The van der Waals surface area contributed by atoms with Crippen LogP contribution in [0, 0.1) is 0 Å². The second-order valence-electron chi connectivity index (χ2n) is 3.84. The van der Waals surface area contributed by atoms with E-state index in [0.29, 0.717) is 5.25 Å². The molecule has 0 aliphatic carbocycles. The Kier molecular flexibility index (Phi) is 4.65. The summed E-state index contributed by atoms with van der Waals surface area (Å²) >= 11 is 1.81. The van der Waals surface area contributed by atoms with Crippen molar-refractivity contribution in [3.8, 4) is 0 Å². The molecule has 17 heavy (non-hydrogen) atoms. The molecular weight excluding hydrogens is 228 g/mol. The maximum Gasteiger partial charge on any atom is 0.0444 e. The highest BCUT2D eigenvalue weighted by Crippen LogP contribution is 2.37. The van der Waals surface area contributed by atoms with Crippen molar-refractivity contribution in [1.29, 1.82) is 0 Å². The van der Waals surface area contributed by atoms with Gasteiger partial charge in [0.1, 0.15) is 0 Å². The predicted octanol–water partition coefficient (Wildman–Crippen LogP) is 3.90. The van der Waals surface area contributed by atoms with Gasteiger partial charge in [0.15, 0.2) is 0 Å². The van der Waals surface area contributed by atoms with E-state index < -0.39 is 0 Å². The minimum atomic E-state index is 0.222. The summed E-state index contributed by atoms with van der Waals surface area (Å²) in [6, 6.07) is 20.7. The molecule has 0 heterocycles. The number of thioether (sulfide) groups is 1. The maximum atomic E-state index is 9.16. The number of hydrogen-bond donors (Lipinski definition) is 1. The third-order valence-corrected chi connectivity index (χ3v) is 3.92. The summed E-state index contributed by atoms with van der Waals surface area (Å²) in [5, 5.41) is 9.49. The SMILES string of the molecule is OCCC(Sc1ccccc1)c1ccccc1. The molecule has 1 unspecified atom stereocenters. The molecule has 0 aromatic heterocycles. The summed E-state index contributed by atoms with van der Waals surface area (Å²) in [6.07, 6.45) is 0.781. The molecule has 0 spiro atoms. The fraction of sp³-hybridized carbons (Fsp3) is 0.200. The first-order chi connectivity index (χ1) is 8.40. The summed E-state index contributed by atoms with van der Waals surface area (Å²) in [4.78, 5) is 1.25. The molecule has 2 heteroatoms. The molecule has 0 saturated carbocycles. The van der Waals surface area contributed by atoms with Gasteiger partial charge in [0.25, 0.3) is 0 Å². The maximum absolute atomic E-state index is 9.16.